The highest BCUT2D eigenvalue weighted by Gasteiger charge is 2.11. The van der Waals surface area contributed by atoms with Gasteiger partial charge in [-0.1, -0.05) is 5.10 Å². The number of aromatic nitrogens is 2. The van der Waals surface area contributed by atoms with E-state index >= 15 is 0 Å². The zero-order chi connectivity index (χ0) is 11.3. The smallest absolute Gasteiger partial charge is 0.315 e. The van der Waals surface area contributed by atoms with E-state index in [1.54, 1.807) is 14.0 Å². The molecule has 86 valence electrons. The van der Waals surface area contributed by atoms with Crippen LogP contribution in [0.3, 0.4) is 0 Å². The summed E-state index contributed by atoms with van der Waals surface area (Å²) in [5.74, 6) is 0.441. The Balaban J connectivity index is 2.42. The van der Waals surface area contributed by atoms with Crippen LogP contribution in [0.5, 0.6) is 0 Å². The molecule has 1 heterocycles. The average molecular weight is 214 g/mol. The molecule has 1 rings (SSSR count). The Kier molecular flexibility index (Phi) is 4.51. The molecule has 0 aliphatic carbocycles. The second-order valence-electron chi connectivity index (χ2n) is 3.56. The van der Waals surface area contributed by atoms with E-state index < -0.39 is 0 Å². The van der Waals surface area contributed by atoms with Crippen molar-refractivity contribution in [2.24, 2.45) is 5.73 Å². The number of rotatable bonds is 6. The zero-order valence-corrected chi connectivity index (χ0v) is 9.36. The van der Waals surface area contributed by atoms with Crippen LogP contribution in [0.15, 0.2) is 4.42 Å². The molecule has 0 spiro atoms. The number of methoxy groups -OCH3 is 1. The molecule has 2 atom stereocenters. The summed E-state index contributed by atoms with van der Waals surface area (Å²) < 4.78 is 10.3. The summed E-state index contributed by atoms with van der Waals surface area (Å²) in [4.78, 5) is 0. The van der Waals surface area contributed by atoms with E-state index in [2.05, 4.69) is 15.5 Å². The largest absolute Gasteiger partial charge is 0.406 e. The number of anilines is 1. The number of hydrogen-bond acceptors (Lipinski definition) is 6. The summed E-state index contributed by atoms with van der Waals surface area (Å²) in [6, 6.07) is 0.402. The lowest BCUT2D eigenvalue weighted by molar-refractivity contribution is 0.191. The van der Waals surface area contributed by atoms with Gasteiger partial charge in [-0.2, -0.15) is 0 Å². The maximum Gasteiger partial charge on any atom is 0.315 e. The van der Waals surface area contributed by atoms with Gasteiger partial charge in [-0.3, -0.25) is 0 Å². The quantitative estimate of drug-likeness (QED) is 0.732. The molecule has 0 aliphatic heterocycles. The molecule has 0 saturated carbocycles. The van der Waals surface area contributed by atoms with Gasteiger partial charge in [-0.05, 0) is 20.3 Å². The highest BCUT2D eigenvalue weighted by Crippen LogP contribution is 2.12. The van der Waals surface area contributed by atoms with Gasteiger partial charge in [0.25, 0.3) is 0 Å². The molecule has 0 saturated heterocycles. The van der Waals surface area contributed by atoms with Gasteiger partial charge >= 0.3 is 6.01 Å². The number of ether oxygens (including phenoxy) is 1. The fraction of sp³-hybridized carbons (Fsp3) is 0.778. The Hall–Kier alpha value is -1.14. The molecule has 1 aromatic heterocycles. The Morgan fingerprint density at radius 2 is 2.20 bits per heavy atom. The third kappa shape index (κ3) is 3.85. The van der Waals surface area contributed by atoms with Gasteiger partial charge in [-0.15, -0.1) is 5.10 Å². The van der Waals surface area contributed by atoms with Crippen LogP contribution < -0.4 is 11.1 Å². The van der Waals surface area contributed by atoms with Crippen LogP contribution >= 0.6 is 0 Å². The summed E-state index contributed by atoms with van der Waals surface area (Å²) in [7, 11) is 1.67. The first-order valence-electron chi connectivity index (χ1n) is 4.98. The molecule has 0 aliphatic rings. The Labute approximate surface area is 89.2 Å². The van der Waals surface area contributed by atoms with Crippen molar-refractivity contribution in [3.63, 3.8) is 0 Å². The van der Waals surface area contributed by atoms with Crippen molar-refractivity contribution in [3.8, 4) is 0 Å². The van der Waals surface area contributed by atoms with Gasteiger partial charge in [0.1, 0.15) is 0 Å². The first kappa shape index (κ1) is 11.9. The number of nitrogens with two attached hydrogens (primary N) is 1. The lowest BCUT2D eigenvalue weighted by atomic mass is 10.2. The maximum atomic E-state index is 5.59. The van der Waals surface area contributed by atoms with Crippen LogP contribution in [0.25, 0.3) is 0 Å². The molecule has 15 heavy (non-hydrogen) atoms. The number of nitrogens with zero attached hydrogens (tertiary/aromatic N) is 2. The number of hydrogen-bond donors (Lipinski definition) is 2. The summed E-state index contributed by atoms with van der Waals surface area (Å²) in [5, 5.41) is 10.7. The van der Waals surface area contributed by atoms with E-state index in [1.165, 1.54) is 0 Å². The standard InChI is InChI=1S/C9H18N4O2/c1-6(4-5-14-3)11-9-13-12-8(15-9)7(2)10/h6-7H,4-5,10H2,1-3H3,(H,11,13). The van der Waals surface area contributed by atoms with Gasteiger partial charge in [0.2, 0.25) is 5.89 Å². The van der Waals surface area contributed by atoms with Crippen molar-refractivity contribution >= 4 is 6.01 Å². The topological polar surface area (TPSA) is 86.2 Å². The minimum absolute atomic E-state index is 0.228. The Bertz CT molecular complexity index is 287. The Morgan fingerprint density at radius 1 is 1.47 bits per heavy atom. The molecule has 0 aromatic carbocycles. The highest BCUT2D eigenvalue weighted by atomic mass is 16.5. The van der Waals surface area contributed by atoms with Crippen molar-refractivity contribution in [1.29, 1.82) is 0 Å². The fourth-order valence-corrected chi connectivity index (χ4v) is 1.05. The van der Waals surface area contributed by atoms with Gasteiger partial charge in [0, 0.05) is 19.8 Å². The van der Waals surface area contributed by atoms with Crippen LogP contribution in [0.1, 0.15) is 32.2 Å². The summed E-state index contributed by atoms with van der Waals surface area (Å²) in [5.41, 5.74) is 5.59. The van der Waals surface area contributed by atoms with Gasteiger partial charge in [-0.25, -0.2) is 0 Å². The minimum Gasteiger partial charge on any atom is -0.406 e. The zero-order valence-electron chi connectivity index (χ0n) is 9.36. The first-order valence-corrected chi connectivity index (χ1v) is 4.98. The molecule has 6 nitrogen and oxygen atoms in total. The van der Waals surface area contributed by atoms with E-state index in [0.717, 1.165) is 6.42 Å². The Morgan fingerprint density at radius 3 is 2.73 bits per heavy atom. The predicted molar refractivity (Wildman–Crippen MR) is 56.5 cm³/mol. The monoisotopic (exact) mass is 214 g/mol. The van der Waals surface area contributed by atoms with Crippen LogP contribution in [0.2, 0.25) is 0 Å². The lowest BCUT2D eigenvalue weighted by Gasteiger charge is -2.10. The lowest BCUT2D eigenvalue weighted by Crippen LogP contribution is -2.17. The summed E-state index contributed by atoms with van der Waals surface area (Å²) in [6.45, 7) is 4.52. The summed E-state index contributed by atoms with van der Waals surface area (Å²) in [6.07, 6.45) is 0.881. The van der Waals surface area contributed by atoms with E-state index in [-0.39, 0.29) is 12.1 Å². The molecule has 0 amide bonds. The third-order valence-electron chi connectivity index (χ3n) is 1.96. The van der Waals surface area contributed by atoms with Crippen LogP contribution in [0, 0.1) is 0 Å². The molecule has 0 bridgehead atoms. The molecular formula is C9H18N4O2. The van der Waals surface area contributed by atoms with E-state index in [0.29, 0.717) is 18.5 Å². The van der Waals surface area contributed by atoms with Crippen molar-refractivity contribution in [1.82, 2.24) is 10.2 Å². The third-order valence-corrected chi connectivity index (χ3v) is 1.96. The second kappa shape index (κ2) is 5.67. The highest BCUT2D eigenvalue weighted by molar-refractivity contribution is 5.19. The fourth-order valence-electron chi connectivity index (χ4n) is 1.05. The minimum atomic E-state index is -0.234. The molecule has 0 radical (unpaired) electrons. The normalized spacial score (nSPS) is 14.9. The number of nitrogens with one attached hydrogen (secondary N) is 1. The maximum absolute atomic E-state index is 5.59. The van der Waals surface area contributed by atoms with Gasteiger partial charge in [0.15, 0.2) is 0 Å². The molecule has 2 unspecified atom stereocenters. The van der Waals surface area contributed by atoms with Gasteiger partial charge in [0.05, 0.1) is 6.04 Å². The van der Waals surface area contributed by atoms with Crippen molar-refractivity contribution in [2.75, 3.05) is 19.0 Å². The predicted octanol–water partition coefficient (Wildman–Crippen LogP) is 0.926. The van der Waals surface area contributed by atoms with E-state index in [1.807, 2.05) is 6.92 Å². The molecular weight excluding hydrogens is 196 g/mol. The van der Waals surface area contributed by atoms with Crippen LogP contribution in [-0.2, 0) is 4.74 Å². The molecule has 0 fully saturated rings. The van der Waals surface area contributed by atoms with Gasteiger partial charge < -0.3 is 20.2 Å². The average Bonchev–Trinajstić information content (AvgIpc) is 2.63. The van der Waals surface area contributed by atoms with E-state index in [4.69, 9.17) is 14.9 Å². The van der Waals surface area contributed by atoms with Crippen molar-refractivity contribution in [2.45, 2.75) is 32.4 Å². The SMILES string of the molecule is COCCC(C)Nc1nnc(C(C)N)o1. The van der Waals surface area contributed by atoms with Crippen LogP contribution in [0.4, 0.5) is 6.01 Å². The molecule has 1 aromatic rings. The second-order valence-corrected chi connectivity index (χ2v) is 3.56. The molecule has 3 N–H and O–H groups in total. The van der Waals surface area contributed by atoms with E-state index in [9.17, 15) is 0 Å². The first-order chi connectivity index (χ1) is 7.13. The van der Waals surface area contributed by atoms with Crippen molar-refractivity contribution < 1.29 is 9.15 Å². The van der Waals surface area contributed by atoms with Crippen molar-refractivity contribution in [3.05, 3.63) is 5.89 Å². The molecule has 6 heteroatoms. The van der Waals surface area contributed by atoms with Crippen LogP contribution in [-0.4, -0.2) is 30.0 Å². The summed E-state index contributed by atoms with van der Waals surface area (Å²) >= 11 is 0.